The number of hydrogen-bond acceptors (Lipinski definition) is 4. The Morgan fingerprint density at radius 3 is 3.00 bits per heavy atom. The van der Waals surface area contributed by atoms with Gasteiger partial charge in [-0.2, -0.15) is 0 Å². The molecule has 1 aromatic rings. The Kier molecular flexibility index (Phi) is 5.51. The van der Waals surface area contributed by atoms with Gasteiger partial charge in [0.15, 0.2) is 0 Å². The molecule has 2 atom stereocenters. The van der Waals surface area contributed by atoms with Crippen molar-refractivity contribution in [2.24, 2.45) is 0 Å². The molecule has 1 amide bonds. The molecular formula is C19H29N3O2. The van der Waals surface area contributed by atoms with Gasteiger partial charge in [0, 0.05) is 45.1 Å². The molecule has 0 radical (unpaired) electrons. The van der Waals surface area contributed by atoms with Crippen LogP contribution in [0.3, 0.4) is 0 Å². The highest BCUT2D eigenvalue weighted by atomic mass is 16.5. The summed E-state index contributed by atoms with van der Waals surface area (Å²) < 4.78 is 5.26. The lowest BCUT2D eigenvalue weighted by atomic mass is 9.77. The van der Waals surface area contributed by atoms with Gasteiger partial charge in [-0.1, -0.05) is 13.0 Å². The summed E-state index contributed by atoms with van der Waals surface area (Å²) in [5, 5.41) is 0. The fourth-order valence-electron chi connectivity index (χ4n) is 4.78. The van der Waals surface area contributed by atoms with Gasteiger partial charge in [0.1, 0.15) is 0 Å². The van der Waals surface area contributed by atoms with Crippen molar-refractivity contribution in [1.82, 2.24) is 14.8 Å². The van der Waals surface area contributed by atoms with Crippen molar-refractivity contribution in [3.05, 3.63) is 30.1 Å². The first-order valence-corrected chi connectivity index (χ1v) is 9.13. The molecular weight excluding hydrogens is 302 g/mol. The number of likely N-dealkylation sites (tertiary alicyclic amines) is 2. The number of methoxy groups -OCH3 is 1. The van der Waals surface area contributed by atoms with E-state index in [2.05, 4.69) is 27.8 Å². The monoisotopic (exact) mass is 331 g/mol. The van der Waals surface area contributed by atoms with Gasteiger partial charge in [0.05, 0.1) is 12.1 Å². The van der Waals surface area contributed by atoms with E-state index in [-0.39, 0.29) is 5.54 Å². The van der Waals surface area contributed by atoms with Crippen LogP contribution in [0.25, 0.3) is 0 Å². The molecule has 5 heteroatoms. The van der Waals surface area contributed by atoms with Crippen molar-refractivity contribution in [3.8, 4) is 0 Å². The summed E-state index contributed by atoms with van der Waals surface area (Å²) in [5.41, 5.74) is 1.24. The summed E-state index contributed by atoms with van der Waals surface area (Å²) in [6.07, 6.45) is 8.77. The van der Waals surface area contributed by atoms with Crippen molar-refractivity contribution in [1.29, 1.82) is 0 Å². The maximum atomic E-state index is 12.5. The van der Waals surface area contributed by atoms with E-state index >= 15 is 0 Å². The first-order valence-electron chi connectivity index (χ1n) is 9.13. The van der Waals surface area contributed by atoms with E-state index in [0.29, 0.717) is 31.5 Å². The molecule has 0 aliphatic carbocycles. The average Bonchev–Trinajstić information content (AvgIpc) is 2.90. The van der Waals surface area contributed by atoms with Crippen molar-refractivity contribution < 1.29 is 9.53 Å². The van der Waals surface area contributed by atoms with Crippen molar-refractivity contribution in [2.45, 2.75) is 57.2 Å². The number of piperidine rings is 1. The number of ether oxygens (including phenoxy) is 1. The normalized spacial score (nSPS) is 28.0. The summed E-state index contributed by atoms with van der Waals surface area (Å²) in [6, 6.07) is 4.55. The predicted octanol–water partition coefficient (Wildman–Crippen LogP) is 2.46. The van der Waals surface area contributed by atoms with Gasteiger partial charge in [0.25, 0.3) is 0 Å². The molecule has 0 unspecified atom stereocenters. The average molecular weight is 331 g/mol. The van der Waals surface area contributed by atoms with Gasteiger partial charge < -0.3 is 9.64 Å². The third-order valence-corrected chi connectivity index (χ3v) is 5.74. The molecule has 2 aliphatic rings. The minimum absolute atomic E-state index is 0.00910. The van der Waals surface area contributed by atoms with Gasteiger partial charge in [-0.15, -0.1) is 0 Å². The minimum atomic E-state index is -0.00910. The number of aromatic nitrogens is 1. The first kappa shape index (κ1) is 17.4. The Balaban J connectivity index is 1.82. The van der Waals surface area contributed by atoms with Crippen LogP contribution in [-0.2, 0) is 16.1 Å². The molecule has 2 saturated heterocycles. The molecule has 1 spiro atoms. The van der Waals surface area contributed by atoms with Gasteiger partial charge in [-0.05, 0) is 43.9 Å². The molecule has 3 heterocycles. The van der Waals surface area contributed by atoms with Crippen LogP contribution in [0, 0.1) is 0 Å². The Labute approximate surface area is 145 Å². The highest BCUT2D eigenvalue weighted by molar-refractivity contribution is 5.80. The molecule has 5 nitrogen and oxygen atoms in total. The smallest absolute Gasteiger partial charge is 0.223 e. The van der Waals surface area contributed by atoms with E-state index in [9.17, 15) is 4.79 Å². The third-order valence-electron chi connectivity index (χ3n) is 5.74. The fraction of sp³-hybridized carbons (Fsp3) is 0.684. The Morgan fingerprint density at radius 2 is 2.29 bits per heavy atom. The molecule has 132 valence electrons. The van der Waals surface area contributed by atoms with Gasteiger partial charge in [-0.25, -0.2) is 0 Å². The maximum absolute atomic E-state index is 12.5. The second-order valence-corrected chi connectivity index (χ2v) is 7.00. The summed E-state index contributed by atoms with van der Waals surface area (Å²) >= 11 is 0. The Hall–Kier alpha value is -1.46. The summed E-state index contributed by atoms with van der Waals surface area (Å²) in [4.78, 5) is 21.5. The molecule has 24 heavy (non-hydrogen) atoms. The zero-order valence-corrected chi connectivity index (χ0v) is 14.9. The van der Waals surface area contributed by atoms with Crippen molar-refractivity contribution in [3.63, 3.8) is 0 Å². The topological polar surface area (TPSA) is 45.7 Å². The number of rotatable bonds is 6. The standard InChI is InChI=1S/C19H29N3O2/c1-3-17-19(9-7-18(23)22(19)12-13-24-2)8-5-11-21(17)15-16-6-4-10-20-14-16/h4,6,10,14,17H,3,5,7-9,11-13,15H2,1-2H3/t17-,19-/m0/s1. The Bertz CT molecular complexity index is 551. The number of carbonyl (C=O) groups excluding carboxylic acids is 1. The van der Waals surface area contributed by atoms with Crippen LogP contribution in [-0.4, -0.2) is 59.1 Å². The second kappa shape index (κ2) is 7.62. The third kappa shape index (κ3) is 3.20. The summed E-state index contributed by atoms with van der Waals surface area (Å²) in [5.74, 6) is 0.300. The molecule has 0 bridgehead atoms. The molecule has 2 fully saturated rings. The summed E-state index contributed by atoms with van der Waals surface area (Å²) in [7, 11) is 1.71. The minimum Gasteiger partial charge on any atom is -0.383 e. The molecule has 0 aromatic carbocycles. The van der Waals surface area contributed by atoms with E-state index in [0.717, 1.165) is 38.8 Å². The zero-order chi connectivity index (χ0) is 17.0. The van der Waals surface area contributed by atoms with Crippen LogP contribution in [0.4, 0.5) is 0 Å². The Morgan fingerprint density at radius 1 is 1.42 bits per heavy atom. The molecule has 2 aliphatic heterocycles. The predicted molar refractivity (Wildman–Crippen MR) is 93.5 cm³/mol. The molecule has 3 rings (SSSR count). The quantitative estimate of drug-likeness (QED) is 0.803. The largest absolute Gasteiger partial charge is 0.383 e. The van der Waals surface area contributed by atoms with Crippen molar-refractivity contribution >= 4 is 5.91 Å². The lowest BCUT2D eigenvalue weighted by molar-refractivity contribution is -0.136. The van der Waals surface area contributed by atoms with Gasteiger partial charge in [0.2, 0.25) is 5.91 Å². The van der Waals surface area contributed by atoms with E-state index in [1.165, 1.54) is 5.56 Å². The van der Waals surface area contributed by atoms with Crippen LogP contribution >= 0.6 is 0 Å². The molecule has 0 saturated carbocycles. The lowest BCUT2D eigenvalue weighted by Crippen LogP contribution is -2.63. The first-order chi connectivity index (χ1) is 11.7. The van der Waals surface area contributed by atoms with E-state index in [4.69, 9.17) is 4.74 Å². The van der Waals surface area contributed by atoms with Crippen LogP contribution < -0.4 is 0 Å². The van der Waals surface area contributed by atoms with E-state index < -0.39 is 0 Å². The van der Waals surface area contributed by atoms with Crippen LogP contribution in [0.2, 0.25) is 0 Å². The van der Waals surface area contributed by atoms with E-state index in [1.807, 2.05) is 18.5 Å². The number of pyridine rings is 1. The van der Waals surface area contributed by atoms with Crippen LogP contribution in [0.1, 0.15) is 44.6 Å². The van der Waals surface area contributed by atoms with Crippen molar-refractivity contribution in [2.75, 3.05) is 26.8 Å². The zero-order valence-electron chi connectivity index (χ0n) is 14.9. The van der Waals surface area contributed by atoms with Gasteiger partial charge in [-0.3, -0.25) is 14.7 Å². The highest BCUT2D eigenvalue weighted by Crippen LogP contribution is 2.43. The van der Waals surface area contributed by atoms with Gasteiger partial charge >= 0.3 is 0 Å². The number of carbonyl (C=O) groups is 1. The number of amides is 1. The SMILES string of the molecule is CC[C@@H]1N(Cc2cccnc2)CCC[C@]12CCC(=O)N2CCOC. The fourth-order valence-corrected chi connectivity index (χ4v) is 4.78. The van der Waals surface area contributed by atoms with Crippen LogP contribution in [0.5, 0.6) is 0 Å². The summed E-state index contributed by atoms with van der Waals surface area (Å²) in [6.45, 7) is 5.60. The number of nitrogens with zero attached hydrogens (tertiary/aromatic N) is 3. The second-order valence-electron chi connectivity index (χ2n) is 7.00. The lowest BCUT2D eigenvalue weighted by Gasteiger charge is -2.52. The maximum Gasteiger partial charge on any atom is 0.223 e. The van der Waals surface area contributed by atoms with Crippen LogP contribution in [0.15, 0.2) is 24.5 Å². The molecule has 1 aromatic heterocycles. The van der Waals surface area contributed by atoms with E-state index in [1.54, 1.807) is 7.11 Å². The number of hydrogen-bond donors (Lipinski definition) is 0. The highest BCUT2D eigenvalue weighted by Gasteiger charge is 2.52. The molecule has 0 N–H and O–H groups in total.